The average molecular weight is 262 g/mol. The maximum atomic E-state index is 11.8. The number of aromatic nitrogens is 3. The van der Waals surface area contributed by atoms with E-state index in [1.807, 2.05) is 19.9 Å². The Hall–Kier alpha value is -2.11. The lowest BCUT2D eigenvalue weighted by atomic mass is 10.4. The van der Waals surface area contributed by atoms with Crippen LogP contribution in [0.1, 0.15) is 31.3 Å². The summed E-state index contributed by atoms with van der Waals surface area (Å²) in [6.45, 7) is 4.58. The Morgan fingerprint density at radius 1 is 1.42 bits per heavy atom. The van der Waals surface area contributed by atoms with Crippen molar-refractivity contribution in [2.75, 3.05) is 0 Å². The van der Waals surface area contributed by atoms with E-state index in [9.17, 15) is 4.79 Å². The molecule has 0 radical (unpaired) electrons. The molecule has 0 unspecified atom stereocenters. The number of aryl methyl sites for hydroxylation is 2. The van der Waals surface area contributed by atoms with Crippen LogP contribution in [0.15, 0.2) is 22.8 Å². The lowest BCUT2D eigenvalue weighted by molar-refractivity contribution is -0.122. The van der Waals surface area contributed by atoms with E-state index in [0.29, 0.717) is 6.54 Å². The zero-order chi connectivity index (χ0) is 13.7. The van der Waals surface area contributed by atoms with Gasteiger partial charge < -0.3 is 9.73 Å². The van der Waals surface area contributed by atoms with Crippen LogP contribution in [-0.2, 0) is 30.7 Å². The lowest BCUT2D eigenvalue weighted by Gasteiger charge is -2.05. The first-order chi connectivity index (χ1) is 9.22. The third-order valence-corrected chi connectivity index (χ3v) is 2.76. The Labute approximate surface area is 111 Å². The quantitative estimate of drug-likeness (QED) is 0.852. The molecule has 0 bridgehead atoms. The molecule has 1 N–H and O–H groups in total. The van der Waals surface area contributed by atoms with Gasteiger partial charge >= 0.3 is 0 Å². The molecule has 2 heterocycles. The predicted molar refractivity (Wildman–Crippen MR) is 69.3 cm³/mol. The van der Waals surface area contributed by atoms with Crippen LogP contribution in [0.5, 0.6) is 0 Å². The van der Waals surface area contributed by atoms with Gasteiger partial charge in [0.25, 0.3) is 0 Å². The Morgan fingerprint density at radius 2 is 2.26 bits per heavy atom. The van der Waals surface area contributed by atoms with Crippen molar-refractivity contribution >= 4 is 5.91 Å². The minimum Gasteiger partial charge on any atom is -0.467 e. The monoisotopic (exact) mass is 262 g/mol. The van der Waals surface area contributed by atoms with Gasteiger partial charge in [0.05, 0.1) is 12.8 Å². The van der Waals surface area contributed by atoms with E-state index in [0.717, 1.165) is 30.3 Å². The smallest absolute Gasteiger partial charge is 0.242 e. The van der Waals surface area contributed by atoms with Gasteiger partial charge in [-0.15, -0.1) is 0 Å². The zero-order valence-corrected chi connectivity index (χ0v) is 11.2. The molecule has 2 aromatic rings. The van der Waals surface area contributed by atoms with Gasteiger partial charge in [0, 0.05) is 12.8 Å². The van der Waals surface area contributed by atoms with Crippen LogP contribution in [0.2, 0.25) is 0 Å². The van der Waals surface area contributed by atoms with E-state index >= 15 is 0 Å². The molecule has 0 aliphatic heterocycles. The first kappa shape index (κ1) is 13.3. The molecule has 6 nitrogen and oxygen atoms in total. The maximum Gasteiger partial charge on any atom is 0.242 e. The molecule has 0 fully saturated rings. The topological polar surface area (TPSA) is 73.0 Å². The lowest BCUT2D eigenvalue weighted by Crippen LogP contribution is -2.28. The molecule has 0 saturated carbocycles. The standard InChI is InChI=1S/C13H18N4O2/c1-3-11-15-12(4-2)17(16-11)9-13(18)14-8-10-6-5-7-19-10/h5-7H,3-4,8-9H2,1-2H3,(H,14,18). The number of hydrogen-bond acceptors (Lipinski definition) is 4. The first-order valence-electron chi connectivity index (χ1n) is 6.44. The highest BCUT2D eigenvalue weighted by Gasteiger charge is 2.11. The molecule has 0 atom stereocenters. The van der Waals surface area contributed by atoms with Crippen molar-refractivity contribution in [2.24, 2.45) is 0 Å². The van der Waals surface area contributed by atoms with Gasteiger partial charge in [-0.05, 0) is 12.1 Å². The van der Waals surface area contributed by atoms with Crippen LogP contribution >= 0.6 is 0 Å². The number of furan rings is 1. The highest BCUT2D eigenvalue weighted by molar-refractivity contribution is 5.75. The SMILES string of the molecule is CCc1nc(CC)n(CC(=O)NCc2ccco2)n1. The second kappa shape index (κ2) is 6.17. The van der Waals surface area contributed by atoms with Gasteiger partial charge in [0.1, 0.15) is 18.1 Å². The van der Waals surface area contributed by atoms with Crippen LogP contribution in [-0.4, -0.2) is 20.7 Å². The third-order valence-electron chi connectivity index (χ3n) is 2.76. The number of amides is 1. The molecule has 2 aromatic heterocycles. The van der Waals surface area contributed by atoms with Crippen molar-refractivity contribution in [1.82, 2.24) is 20.1 Å². The Morgan fingerprint density at radius 3 is 2.89 bits per heavy atom. The molecule has 19 heavy (non-hydrogen) atoms. The summed E-state index contributed by atoms with van der Waals surface area (Å²) in [6, 6.07) is 3.62. The van der Waals surface area contributed by atoms with Crippen molar-refractivity contribution in [3.05, 3.63) is 35.8 Å². The van der Waals surface area contributed by atoms with Crippen LogP contribution in [0.25, 0.3) is 0 Å². The summed E-state index contributed by atoms with van der Waals surface area (Å²) in [5, 5.41) is 7.10. The van der Waals surface area contributed by atoms with Gasteiger partial charge in [0.2, 0.25) is 5.91 Å². The van der Waals surface area contributed by atoms with Crippen LogP contribution < -0.4 is 5.32 Å². The molecule has 0 aromatic carbocycles. The van der Waals surface area contributed by atoms with Gasteiger partial charge in [-0.1, -0.05) is 13.8 Å². The Balaban J connectivity index is 1.92. The summed E-state index contributed by atoms with van der Waals surface area (Å²) in [6.07, 6.45) is 3.12. The van der Waals surface area contributed by atoms with Gasteiger partial charge in [-0.3, -0.25) is 4.79 Å². The molecular formula is C13H18N4O2. The predicted octanol–water partition coefficient (Wildman–Crippen LogP) is 1.31. The number of carbonyl (C=O) groups is 1. The summed E-state index contributed by atoms with van der Waals surface area (Å²) in [7, 11) is 0. The Kier molecular flexibility index (Phi) is 4.33. The van der Waals surface area contributed by atoms with Gasteiger partial charge in [0.15, 0.2) is 5.82 Å². The number of nitrogens with zero attached hydrogens (tertiary/aromatic N) is 3. The van der Waals surface area contributed by atoms with Crippen LogP contribution in [0.3, 0.4) is 0 Å². The average Bonchev–Trinajstić information content (AvgIpc) is 3.05. The fourth-order valence-electron chi connectivity index (χ4n) is 1.75. The number of nitrogens with one attached hydrogen (secondary N) is 1. The largest absolute Gasteiger partial charge is 0.467 e. The molecular weight excluding hydrogens is 244 g/mol. The van der Waals surface area contributed by atoms with E-state index in [-0.39, 0.29) is 12.5 Å². The molecule has 0 aliphatic carbocycles. The fourth-order valence-corrected chi connectivity index (χ4v) is 1.75. The van der Waals surface area contributed by atoms with E-state index in [1.54, 1.807) is 17.0 Å². The molecule has 1 amide bonds. The molecule has 0 saturated heterocycles. The van der Waals surface area contributed by atoms with Gasteiger partial charge in [-0.25, -0.2) is 9.67 Å². The summed E-state index contributed by atoms with van der Waals surface area (Å²) in [4.78, 5) is 16.2. The van der Waals surface area contributed by atoms with Crippen molar-refractivity contribution in [3.8, 4) is 0 Å². The summed E-state index contributed by atoms with van der Waals surface area (Å²) in [5.41, 5.74) is 0. The second-order valence-corrected chi connectivity index (χ2v) is 4.17. The summed E-state index contributed by atoms with van der Waals surface area (Å²) in [5.74, 6) is 2.25. The highest BCUT2D eigenvalue weighted by atomic mass is 16.3. The van der Waals surface area contributed by atoms with Crippen molar-refractivity contribution in [3.63, 3.8) is 0 Å². The van der Waals surface area contributed by atoms with E-state index in [1.165, 1.54) is 0 Å². The van der Waals surface area contributed by atoms with E-state index in [4.69, 9.17) is 4.42 Å². The van der Waals surface area contributed by atoms with Crippen molar-refractivity contribution < 1.29 is 9.21 Å². The first-order valence-corrected chi connectivity index (χ1v) is 6.44. The van der Waals surface area contributed by atoms with Gasteiger partial charge in [-0.2, -0.15) is 5.10 Å². The van der Waals surface area contributed by atoms with Crippen LogP contribution in [0.4, 0.5) is 0 Å². The molecule has 2 rings (SSSR count). The molecule has 102 valence electrons. The highest BCUT2D eigenvalue weighted by Crippen LogP contribution is 2.02. The summed E-state index contributed by atoms with van der Waals surface area (Å²) >= 11 is 0. The molecule has 0 aliphatic rings. The number of hydrogen-bond donors (Lipinski definition) is 1. The minimum atomic E-state index is -0.0985. The van der Waals surface area contributed by atoms with Crippen molar-refractivity contribution in [1.29, 1.82) is 0 Å². The summed E-state index contributed by atoms with van der Waals surface area (Å²) < 4.78 is 6.81. The number of carbonyl (C=O) groups excluding carboxylic acids is 1. The number of rotatable bonds is 6. The second-order valence-electron chi connectivity index (χ2n) is 4.17. The molecule has 0 spiro atoms. The Bertz CT molecular complexity index is 531. The van der Waals surface area contributed by atoms with Crippen molar-refractivity contribution in [2.45, 2.75) is 39.8 Å². The minimum absolute atomic E-state index is 0.0985. The fraction of sp³-hybridized carbons (Fsp3) is 0.462. The normalized spacial score (nSPS) is 10.6. The molecule has 6 heteroatoms. The zero-order valence-electron chi connectivity index (χ0n) is 11.2. The maximum absolute atomic E-state index is 11.8. The third kappa shape index (κ3) is 3.43. The van der Waals surface area contributed by atoms with E-state index < -0.39 is 0 Å². The van der Waals surface area contributed by atoms with E-state index in [2.05, 4.69) is 15.4 Å². The van der Waals surface area contributed by atoms with Crippen LogP contribution in [0, 0.1) is 0 Å².